The molecule has 86 valence electrons. The van der Waals surface area contributed by atoms with Crippen molar-refractivity contribution in [3.63, 3.8) is 0 Å². The smallest absolute Gasteiger partial charge is 0.231 e. The average Bonchev–Trinajstić information content (AvgIpc) is 2.63. The van der Waals surface area contributed by atoms with E-state index in [0.29, 0.717) is 6.79 Å². The second-order valence-electron chi connectivity index (χ2n) is 5.37. The summed E-state index contributed by atoms with van der Waals surface area (Å²) in [7, 11) is 0. The van der Waals surface area contributed by atoms with Gasteiger partial charge in [-0.25, -0.2) is 0 Å². The van der Waals surface area contributed by atoms with E-state index in [1.54, 1.807) is 0 Å². The molecule has 0 spiro atoms. The summed E-state index contributed by atoms with van der Waals surface area (Å²) in [4.78, 5) is 0. The van der Waals surface area contributed by atoms with Gasteiger partial charge >= 0.3 is 0 Å². The Morgan fingerprint density at radius 1 is 1.25 bits per heavy atom. The number of hydrogen-bond donors (Lipinski definition) is 1. The minimum absolute atomic E-state index is 0.0893. The molecule has 2 aliphatic rings. The summed E-state index contributed by atoms with van der Waals surface area (Å²) < 4.78 is 10.7. The van der Waals surface area contributed by atoms with Crippen molar-refractivity contribution in [3.05, 3.63) is 23.8 Å². The predicted molar refractivity (Wildman–Crippen MR) is 59.7 cm³/mol. The van der Waals surface area contributed by atoms with Crippen LogP contribution in [0.3, 0.4) is 0 Å². The summed E-state index contributed by atoms with van der Waals surface area (Å²) in [5, 5.41) is 9.62. The third-order valence-corrected chi connectivity index (χ3v) is 4.11. The fraction of sp³-hybridized carbons (Fsp3) is 0.538. The topological polar surface area (TPSA) is 38.7 Å². The number of fused-ring (bicyclic) bond motifs is 1. The van der Waals surface area contributed by atoms with Gasteiger partial charge in [-0.15, -0.1) is 0 Å². The predicted octanol–water partition coefficient (Wildman–Crippen LogP) is 2.08. The molecule has 1 aliphatic heterocycles. The van der Waals surface area contributed by atoms with Crippen molar-refractivity contribution in [2.45, 2.75) is 25.7 Å². The van der Waals surface area contributed by atoms with Gasteiger partial charge in [0.25, 0.3) is 0 Å². The van der Waals surface area contributed by atoms with E-state index in [2.05, 4.69) is 13.8 Å². The molecular formula is C13H16O3. The van der Waals surface area contributed by atoms with Crippen LogP contribution in [0.4, 0.5) is 0 Å². The molecule has 0 aromatic heterocycles. The Bertz CT molecular complexity index is 439. The zero-order chi connectivity index (χ0) is 11.4. The summed E-state index contributed by atoms with van der Waals surface area (Å²) >= 11 is 0. The second-order valence-corrected chi connectivity index (χ2v) is 5.37. The normalized spacial score (nSPS) is 29.2. The molecule has 16 heavy (non-hydrogen) atoms. The molecule has 1 aromatic rings. The number of benzene rings is 1. The summed E-state index contributed by atoms with van der Waals surface area (Å²) in [5.74, 6) is 1.60. The van der Waals surface area contributed by atoms with Crippen LogP contribution in [-0.2, 0) is 5.41 Å². The van der Waals surface area contributed by atoms with Crippen LogP contribution in [0, 0.1) is 5.41 Å². The van der Waals surface area contributed by atoms with E-state index >= 15 is 0 Å². The van der Waals surface area contributed by atoms with E-state index in [1.165, 1.54) is 0 Å². The quantitative estimate of drug-likeness (QED) is 0.829. The lowest BCUT2D eigenvalue weighted by Gasteiger charge is -2.18. The molecule has 1 aromatic carbocycles. The first-order valence-corrected chi connectivity index (χ1v) is 5.60. The Labute approximate surface area is 95.0 Å². The van der Waals surface area contributed by atoms with Gasteiger partial charge in [-0.1, -0.05) is 19.9 Å². The van der Waals surface area contributed by atoms with Crippen LogP contribution in [0.5, 0.6) is 11.5 Å². The number of aliphatic hydroxyl groups is 1. The van der Waals surface area contributed by atoms with E-state index < -0.39 is 0 Å². The molecule has 3 heteroatoms. The highest BCUT2D eigenvalue weighted by Gasteiger charge is 2.61. The molecule has 1 fully saturated rings. The van der Waals surface area contributed by atoms with E-state index in [0.717, 1.165) is 23.5 Å². The van der Waals surface area contributed by atoms with Crippen molar-refractivity contribution >= 4 is 0 Å². The minimum atomic E-state index is -0.0893. The summed E-state index contributed by atoms with van der Waals surface area (Å²) in [6, 6.07) is 5.98. The summed E-state index contributed by atoms with van der Waals surface area (Å²) in [6.45, 7) is 4.87. The first kappa shape index (κ1) is 9.97. The Balaban J connectivity index is 2.02. The lowest BCUT2D eigenvalue weighted by atomic mass is 9.88. The van der Waals surface area contributed by atoms with Crippen LogP contribution >= 0.6 is 0 Å². The maximum atomic E-state index is 9.62. The van der Waals surface area contributed by atoms with E-state index in [9.17, 15) is 5.11 Å². The van der Waals surface area contributed by atoms with Crippen LogP contribution in [0.15, 0.2) is 18.2 Å². The van der Waals surface area contributed by atoms with Gasteiger partial charge in [0.05, 0.1) is 6.61 Å². The Morgan fingerprint density at radius 3 is 2.56 bits per heavy atom. The van der Waals surface area contributed by atoms with Crippen LogP contribution in [0.2, 0.25) is 0 Å². The van der Waals surface area contributed by atoms with Crippen molar-refractivity contribution in [2.24, 2.45) is 5.41 Å². The molecule has 1 N–H and O–H groups in total. The van der Waals surface area contributed by atoms with E-state index in [4.69, 9.17) is 9.47 Å². The zero-order valence-electron chi connectivity index (χ0n) is 9.62. The third-order valence-electron chi connectivity index (χ3n) is 4.11. The monoisotopic (exact) mass is 220 g/mol. The standard InChI is InChI=1S/C13H16O3/c1-12(2)6-13(12,7-14)9-3-4-10-11(5-9)16-8-15-10/h3-5,14H,6-8H2,1-2H3. The first-order chi connectivity index (χ1) is 7.59. The molecule has 0 saturated heterocycles. The highest BCUT2D eigenvalue weighted by atomic mass is 16.7. The summed E-state index contributed by atoms with van der Waals surface area (Å²) in [6.07, 6.45) is 1.02. The fourth-order valence-corrected chi connectivity index (χ4v) is 2.76. The van der Waals surface area contributed by atoms with Gasteiger partial charge < -0.3 is 14.6 Å². The molecule has 0 amide bonds. The Hall–Kier alpha value is -1.22. The number of ether oxygens (including phenoxy) is 2. The molecule has 3 nitrogen and oxygen atoms in total. The van der Waals surface area contributed by atoms with Gasteiger partial charge in [0, 0.05) is 5.41 Å². The van der Waals surface area contributed by atoms with Gasteiger partial charge in [0.15, 0.2) is 11.5 Å². The van der Waals surface area contributed by atoms with Crippen LogP contribution in [-0.4, -0.2) is 18.5 Å². The lowest BCUT2D eigenvalue weighted by Crippen LogP contribution is -2.19. The largest absolute Gasteiger partial charge is 0.454 e. The molecule has 0 radical (unpaired) electrons. The molecule has 1 atom stereocenters. The Morgan fingerprint density at radius 2 is 1.94 bits per heavy atom. The van der Waals surface area contributed by atoms with Crippen molar-refractivity contribution in [2.75, 3.05) is 13.4 Å². The van der Waals surface area contributed by atoms with Crippen molar-refractivity contribution < 1.29 is 14.6 Å². The fourth-order valence-electron chi connectivity index (χ4n) is 2.76. The van der Waals surface area contributed by atoms with Gasteiger partial charge in [-0.3, -0.25) is 0 Å². The maximum absolute atomic E-state index is 9.62. The highest BCUT2D eigenvalue weighted by Crippen LogP contribution is 2.64. The average molecular weight is 220 g/mol. The van der Waals surface area contributed by atoms with E-state index in [-0.39, 0.29) is 17.4 Å². The van der Waals surface area contributed by atoms with Crippen molar-refractivity contribution in [1.29, 1.82) is 0 Å². The lowest BCUT2D eigenvalue weighted by molar-refractivity contribution is 0.174. The van der Waals surface area contributed by atoms with Gasteiger partial charge in [0.2, 0.25) is 6.79 Å². The highest BCUT2D eigenvalue weighted by molar-refractivity contribution is 5.49. The molecule has 1 saturated carbocycles. The SMILES string of the molecule is CC1(C)CC1(CO)c1ccc2c(c1)OCO2. The minimum Gasteiger partial charge on any atom is -0.454 e. The van der Waals surface area contributed by atoms with Gasteiger partial charge in [-0.2, -0.15) is 0 Å². The molecule has 3 rings (SSSR count). The number of aliphatic hydroxyl groups excluding tert-OH is 1. The van der Waals surface area contributed by atoms with Crippen molar-refractivity contribution in [1.82, 2.24) is 0 Å². The van der Waals surface area contributed by atoms with Gasteiger partial charge in [0.1, 0.15) is 0 Å². The van der Waals surface area contributed by atoms with Crippen LogP contribution < -0.4 is 9.47 Å². The Kier molecular flexibility index (Phi) is 1.82. The maximum Gasteiger partial charge on any atom is 0.231 e. The van der Waals surface area contributed by atoms with E-state index in [1.807, 2.05) is 18.2 Å². The third kappa shape index (κ3) is 1.12. The molecular weight excluding hydrogens is 204 g/mol. The van der Waals surface area contributed by atoms with Gasteiger partial charge in [-0.05, 0) is 29.5 Å². The second kappa shape index (κ2) is 2.92. The van der Waals surface area contributed by atoms with Crippen LogP contribution in [0.25, 0.3) is 0 Å². The molecule has 1 heterocycles. The van der Waals surface area contributed by atoms with Crippen LogP contribution in [0.1, 0.15) is 25.8 Å². The first-order valence-electron chi connectivity index (χ1n) is 5.60. The number of rotatable bonds is 2. The zero-order valence-corrected chi connectivity index (χ0v) is 9.62. The van der Waals surface area contributed by atoms with Crippen molar-refractivity contribution in [3.8, 4) is 11.5 Å². The number of hydrogen-bond acceptors (Lipinski definition) is 3. The molecule has 1 unspecified atom stereocenters. The molecule has 1 aliphatic carbocycles. The summed E-state index contributed by atoms with van der Waals surface area (Å²) in [5.41, 5.74) is 1.24. The molecule has 0 bridgehead atoms.